The Morgan fingerprint density at radius 1 is 1.22 bits per heavy atom. The van der Waals surface area contributed by atoms with Crippen molar-refractivity contribution >= 4 is 17.5 Å². The number of carbonyl (C=O) groups excluding carboxylic acids is 2. The minimum Gasteiger partial charge on any atom is -0.341 e. The van der Waals surface area contributed by atoms with Gasteiger partial charge in [0.15, 0.2) is 0 Å². The van der Waals surface area contributed by atoms with Crippen LogP contribution in [0.3, 0.4) is 0 Å². The minimum atomic E-state index is -0.135. The van der Waals surface area contributed by atoms with Gasteiger partial charge < -0.3 is 9.80 Å². The lowest BCUT2D eigenvalue weighted by Gasteiger charge is -2.43. The van der Waals surface area contributed by atoms with Crippen LogP contribution in [0, 0.1) is 22.7 Å². The van der Waals surface area contributed by atoms with Gasteiger partial charge in [-0.25, -0.2) is 0 Å². The van der Waals surface area contributed by atoms with Crippen LogP contribution in [0.5, 0.6) is 0 Å². The molecule has 1 saturated heterocycles. The van der Waals surface area contributed by atoms with Gasteiger partial charge in [-0.1, -0.05) is 6.07 Å². The zero-order valence-electron chi connectivity index (χ0n) is 18.3. The van der Waals surface area contributed by atoms with Crippen molar-refractivity contribution < 1.29 is 9.59 Å². The quantitative estimate of drug-likeness (QED) is 0.737. The molecule has 2 fully saturated rings. The standard InChI is InChI=1S/C26H26N4O2/c1-29-23-7-5-16(9-17(23)6-8-24(29)31)21-12-28-13-22-19(21)3-2-4-20(22)25(32)30-14-26(15-30)10-18(26)11-27/h5,7,9,12-13,18,20H,2-4,6,8,10,14-15H2,1H3. The molecule has 2 atom stereocenters. The average Bonchev–Trinajstić information content (AvgIpc) is 3.54. The molecule has 2 aliphatic heterocycles. The van der Waals surface area contributed by atoms with Gasteiger partial charge >= 0.3 is 0 Å². The van der Waals surface area contributed by atoms with Crippen molar-refractivity contribution in [3.05, 3.63) is 47.3 Å². The van der Waals surface area contributed by atoms with Crippen LogP contribution in [0.25, 0.3) is 11.1 Å². The normalized spacial score (nSPS) is 24.9. The fourth-order valence-electron chi connectivity index (χ4n) is 6.02. The smallest absolute Gasteiger partial charge is 0.230 e. The van der Waals surface area contributed by atoms with E-state index in [2.05, 4.69) is 23.2 Å². The topological polar surface area (TPSA) is 77.3 Å². The van der Waals surface area contributed by atoms with Crippen LogP contribution in [-0.4, -0.2) is 41.8 Å². The number of hydrogen-bond donors (Lipinski definition) is 0. The summed E-state index contributed by atoms with van der Waals surface area (Å²) in [5.41, 5.74) is 6.79. The molecule has 2 aliphatic carbocycles. The molecule has 2 aromatic rings. The lowest BCUT2D eigenvalue weighted by Crippen LogP contribution is -2.54. The first-order valence-corrected chi connectivity index (χ1v) is 11.6. The van der Waals surface area contributed by atoms with Gasteiger partial charge in [0.1, 0.15) is 0 Å². The fraction of sp³-hybridized carbons (Fsp3) is 0.462. The summed E-state index contributed by atoms with van der Waals surface area (Å²) < 4.78 is 0. The van der Waals surface area contributed by atoms with E-state index >= 15 is 0 Å². The van der Waals surface area contributed by atoms with Crippen LogP contribution >= 0.6 is 0 Å². The van der Waals surface area contributed by atoms with Crippen LogP contribution in [0.15, 0.2) is 30.6 Å². The van der Waals surface area contributed by atoms with Crippen LogP contribution in [0.4, 0.5) is 5.69 Å². The van der Waals surface area contributed by atoms with Gasteiger partial charge in [-0.05, 0) is 66.5 Å². The third kappa shape index (κ3) is 2.80. The number of nitriles is 1. The summed E-state index contributed by atoms with van der Waals surface area (Å²) in [6.45, 7) is 1.47. The first-order valence-electron chi connectivity index (χ1n) is 11.6. The van der Waals surface area contributed by atoms with E-state index < -0.39 is 0 Å². The van der Waals surface area contributed by atoms with Crippen molar-refractivity contribution in [2.75, 3.05) is 25.0 Å². The number of rotatable bonds is 2. The molecule has 1 saturated carbocycles. The predicted molar refractivity (Wildman–Crippen MR) is 120 cm³/mol. The number of likely N-dealkylation sites (tertiary alicyclic amines) is 1. The van der Waals surface area contributed by atoms with Crippen molar-refractivity contribution in [1.82, 2.24) is 9.88 Å². The molecule has 0 bridgehead atoms. The third-order valence-corrected chi connectivity index (χ3v) is 8.09. The number of pyridine rings is 1. The summed E-state index contributed by atoms with van der Waals surface area (Å²) in [5, 5.41) is 9.17. The second-order valence-corrected chi connectivity index (χ2v) is 9.94. The van der Waals surface area contributed by atoms with Crippen molar-refractivity contribution in [3.63, 3.8) is 0 Å². The van der Waals surface area contributed by atoms with E-state index in [4.69, 9.17) is 5.26 Å². The Kier molecular flexibility index (Phi) is 4.20. The number of hydrogen-bond acceptors (Lipinski definition) is 4. The molecule has 6 nitrogen and oxygen atoms in total. The summed E-state index contributed by atoms with van der Waals surface area (Å²) in [7, 11) is 1.84. The molecule has 0 N–H and O–H groups in total. The monoisotopic (exact) mass is 426 g/mol. The molecule has 6 rings (SSSR count). The maximum atomic E-state index is 13.3. The highest BCUT2D eigenvalue weighted by Crippen LogP contribution is 2.58. The van der Waals surface area contributed by atoms with Crippen molar-refractivity contribution in [2.24, 2.45) is 11.3 Å². The van der Waals surface area contributed by atoms with Crippen LogP contribution in [0.1, 0.15) is 48.3 Å². The SMILES string of the molecule is CN1C(=O)CCc2cc(-c3cncc4c3CCCC4C(=O)N3CC4(CC4C#N)C3)ccc21. The molecule has 32 heavy (non-hydrogen) atoms. The summed E-state index contributed by atoms with van der Waals surface area (Å²) in [6, 6.07) is 8.67. The second kappa shape index (κ2) is 6.90. The molecule has 1 aromatic carbocycles. The summed E-state index contributed by atoms with van der Waals surface area (Å²) >= 11 is 0. The molecule has 2 amide bonds. The minimum absolute atomic E-state index is 0.0969. The highest BCUT2D eigenvalue weighted by atomic mass is 16.2. The van der Waals surface area contributed by atoms with E-state index in [0.717, 1.165) is 67.6 Å². The Labute approximate surface area is 187 Å². The molecule has 6 heteroatoms. The van der Waals surface area contributed by atoms with Gasteiger partial charge in [-0.3, -0.25) is 14.6 Å². The maximum absolute atomic E-state index is 13.3. The van der Waals surface area contributed by atoms with Gasteiger partial charge in [-0.2, -0.15) is 5.26 Å². The Morgan fingerprint density at radius 3 is 2.84 bits per heavy atom. The van der Waals surface area contributed by atoms with Crippen molar-refractivity contribution in [2.45, 2.75) is 44.4 Å². The summed E-state index contributed by atoms with van der Waals surface area (Å²) in [6.07, 6.45) is 8.85. The Balaban J connectivity index is 1.30. The molecule has 162 valence electrons. The Bertz CT molecular complexity index is 1190. The number of fused-ring (bicyclic) bond motifs is 2. The number of carbonyl (C=O) groups is 2. The van der Waals surface area contributed by atoms with Gasteiger partial charge in [0.25, 0.3) is 0 Å². The number of nitrogens with zero attached hydrogens (tertiary/aromatic N) is 4. The predicted octanol–water partition coefficient (Wildman–Crippen LogP) is 3.45. The van der Waals surface area contributed by atoms with Crippen LogP contribution < -0.4 is 4.90 Å². The van der Waals surface area contributed by atoms with Gasteiger partial charge in [0.2, 0.25) is 11.8 Å². The van der Waals surface area contributed by atoms with E-state index in [-0.39, 0.29) is 29.1 Å². The van der Waals surface area contributed by atoms with E-state index in [9.17, 15) is 9.59 Å². The molecule has 3 heterocycles. The zero-order chi connectivity index (χ0) is 22.0. The molecule has 1 aromatic heterocycles. The Morgan fingerprint density at radius 2 is 2.06 bits per heavy atom. The first kappa shape index (κ1) is 19.5. The lowest BCUT2D eigenvalue weighted by molar-refractivity contribution is -0.141. The average molecular weight is 427 g/mol. The van der Waals surface area contributed by atoms with E-state index in [0.29, 0.717) is 6.42 Å². The summed E-state index contributed by atoms with van der Waals surface area (Å²) in [5.74, 6) is 0.358. The van der Waals surface area contributed by atoms with E-state index in [1.807, 2.05) is 30.4 Å². The molecular weight excluding hydrogens is 400 g/mol. The number of amides is 2. The number of aromatic nitrogens is 1. The lowest BCUT2D eigenvalue weighted by atomic mass is 9.79. The molecule has 2 unspecified atom stereocenters. The highest BCUT2D eigenvalue weighted by Gasteiger charge is 2.63. The van der Waals surface area contributed by atoms with E-state index in [1.165, 1.54) is 11.1 Å². The van der Waals surface area contributed by atoms with Crippen LogP contribution in [0.2, 0.25) is 0 Å². The first-order chi connectivity index (χ1) is 15.5. The van der Waals surface area contributed by atoms with E-state index in [1.54, 1.807) is 4.90 Å². The zero-order valence-corrected chi connectivity index (χ0v) is 18.3. The van der Waals surface area contributed by atoms with Crippen molar-refractivity contribution in [3.8, 4) is 17.2 Å². The number of benzene rings is 1. The van der Waals surface area contributed by atoms with Crippen molar-refractivity contribution in [1.29, 1.82) is 5.26 Å². The van der Waals surface area contributed by atoms with Gasteiger partial charge in [0.05, 0.1) is 17.9 Å². The molecular formula is C26H26N4O2. The third-order valence-electron chi connectivity index (χ3n) is 8.09. The Hall–Kier alpha value is -3.20. The fourth-order valence-corrected chi connectivity index (χ4v) is 6.02. The largest absolute Gasteiger partial charge is 0.341 e. The number of anilines is 1. The molecule has 0 radical (unpaired) electrons. The molecule has 1 spiro atoms. The maximum Gasteiger partial charge on any atom is 0.230 e. The number of aryl methyl sites for hydroxylation is 1. The summed E-state index contributed by atoms with van der Waals surface area (Å²) in [4.78, 5) is 33.6. The van der Waals surface area contributed by atoms with Gasteiger partial charge in [0, 0.05) is 55.6 Å². The van der Waals surface area contributed by atoms with Gasteiger partial charge in [-0.15, -0.1) is 0 Å². The second-order valence-electron chi connectivity index (χ2n) is 9.94. The molecule has 4 aliphatic rings. The van der Waals surface area contributed by atoms with Crippen LogP contribution in [-0.2, 0) is 22.4 Å². The highest BCUT2D eigenvalue weighted by molar-refractivity contribution is 5.96.